The standard InChI is InChI=1S/C16H26N4O2/c1-22-15-4-2-14(3-5-15)6-7-18-16(21)19-10-13-20-11-8-17-9-12-20/h2-5,17H,6-13H2,1H3,(H2,18,19,21). The number of urea groups is 1. The van der Waals surface area contributed by atoms with Gasteiger partial charge in [0.15, 0.2) is 0 Å². The summed E-state index contributed by atoms with van der Waals surface area (Å²) in [6, 6.07) is 7.81. The second kappa shape index (κ2) is 9.27. The summed E-state index contributed by atoms with van der Waals surface area (Å²) >= 11 is 0. The zero-order chi connectivity index (χ0) is 15.6. The van der Waals surface area contributed by atoms with E-state index in [1.165, 1.54) is 5.56 Å². The highest BCUT2D eigenvalue weighted by atomic mass is 16.5. The average Bonchev–Trinajstić information content (AvgIpc) is 2.56. The molecule has 1 heterocycles. The third kappa shape index (κ3) is 5.91. The number of piperazine rings is 1. The monoisotopic (exact) mass is 306 g/mol. The van der Waals surface area contributed by atoms with E-state index in [-0.39, 0.29) is 6.03 Å². The Kier molecular flexibility index (Phi) is 6.99. The third-order valence-corrected chi connectivity index (χ3v) is 3.78. The zero-order valence-electron chi connectivity index (χ0n) is 13.2. The van der Waals surface area contributed by atoms with Crippen LogP contribution >= 0.6 is 0 Å². The molecule has 1 aliphatic heterocycles. The van der Waals surface area contributed by atoms with Crippen LogP contribution < -0.4 is 20.7 Å². The first-order valence-corrected chi connectivity index (χ1v) is 7.85. The Balaban J connectivity index is 1.55. The van der Waals surface area contributed by atoms with E-state index in [9.17, 15) is 4.79 Å². The summed E-state index contributed by atoms with van der Waals surface area (Å²) in [6.07, 6.45) is 0.815. The molecule has 6 nitrogen and oxygen atoms in total. The average molecular weight is 306 g/mol. The number of amides is 2. The normalized spacial score (nSPS) is 15.3. The fraction of sp³-hybridized carbons (Fsp3) is 0.562. The number of carbonyl (C=O) groups excluding carboxylic acids is 1. The van der Waals surface area contributed by atoms with Crippen LogP contribution in [0.5, 0.6) is 5.75 Å². The summed E-state index contributed by atoms with van der Waals surface area (Å²) in [7, 11) is 1.65. The number of ether oxygens (including phenoxy) is 1. The molecule has 1 saturated heterocycles. The molecule has 2 rings (SSSR count). The lowest BCUT2D eigenvalue weighted by Crippen LogP contribution is -2.47. The van der Waals surface area contributed by atoms with E-state index in [0.717, 1.165) is 44.9 Å². The van der Waals surface area contributed by atoms with Crippen LogP contribution in [0.4, 0.5) is 4.79 Å². The molecule has 6 heteroatoms. The summed E-state index contributed by atoms with van der Waals surface area (Å²) < 4.78 is 5.12. The van der Waals surface area contributed by atoms with Crippen molar-refractivity contribution < 1.29 is 9.53 Å². The highest BCUT2D eigenvalue weighted by Crippen LogP contribution is 2.11. The van der Waals surface area contributed by atoms with Gasteiger partial charge >= 0.3 is 6.03 Å². The molecule has 0 spiro atoms. The third-order valence-electron chi connectivity index (χ3n) is 3.78. The molecule has 0 bridgehead atoms. The van der Waals surface area contributed by atoms with Crippen molar-refractivity contribution in [1.82, 2.24) is 20.9 Å². The van der Waals surface area contributed by atoms with Crippen LogP contribution in [0, 0.1) is 0 Å². The van der Waals surface area contributed by atoms with Crippen molar-refractivity contribution in [3.8, 4) is 5.75 Å². The minimum absolute atomic E-state index is 0.0938. The molecular formula is C16H26N4O2. The molecule has 1 fully saturated rings. The van der Waals surface area contributed by atoms with E-state index in [4.69, 9.17) is 4.74 Å². The molecule has 122 valence electrons. The van der Waals surface area contributed by atoms with Crippen LogP contribution in [0.3, 0.4) is 0 Å². The molecule has 2 amide bonds. The van der Waals surface area contributed by atoms with E-state index >= 15 is 0 Å². The Morgan fingerprint density at radius 1 is 1.18 bits per heavy atom. The number of carbonyl (C=O) groups is 1. The maximum absolute atomic E-state index is 11.7. The molecular weight excluding hydrogens is 280 g/mol. The van der Waals surface area contributed by atoms with E-state index in [0.29, 0.717) is 13.1 Å². The van der Waals surface area contributed by atoms with E-state index < -0.39 is 0 Å². The fourth-order valence-electron chi connectivity index (χ4n) is 2.44. The molecule has 3 N–H and O–H groups in total. The molecule has 0 aliphatic carbocycles. The van der Waals surface area contributed by atoms with Crippen LogP contribution in [0.2, 0.25) is 0 Å². The largest absolute Gasteiger partial charge is 0.497 e. The topological polar surface area (TPSA) is 65.6 Å². The van der Waals surface area contributed by atoms with Crippen LogP contribution in [-0.2, 0) is 6.42 Å². The summed E-state index contributed by atoms with van der Waals surface area (Å²) in [6.45, 7) is 6.41. The Bertz CT molecular complexity index is 444. The Hall–Kier alpha value is -1.79. The maximum atomic E-state index is 11.7. The summed E-state index contributed by atoms with van der Waals surface area (Å²) in [4.78, 5) is 14.1. The molecule has 0 saturated carbocycles. The quantitative estimate of drug-likeness (QED) is 0.684. The van der Waals surface area contributed by atoms with Crippen molar-refractivity contribution >= 4 is 6.03 Å². The molecule has 1 aromatic rings. The first-order valence-electron chi connectivity index (χ1n) is 7.85. The smallest absolute Gasteiger partial charge is 0.314 e. The van der Waals surface area contributed by atoms with Crippen molar-refractivity contribution in [3.63, 3.8) is 0 Å². The molecule has 1 aromatic carbocycles. The molecule has 0 radical (unpaired) electrons. The minimum atomic E-state index is -0.0938. The number of nitrogens with one attached hydrogen (secondary N) is 3. The molecule has 1 aliphatic rings. The van der Waals surface area contributed by atoms with Gasteiger partial charge in [0.2, 0.25) is 0 Å². The number of hydrogen-bond acceptors (Lipinski definition) is 4. The minimum Gasteiger partial charge on any atom is -0.497 e. The van der Waals surface area contributed by atoms with Gasteiger partial charge in [-0.2, -0.15) is 0 Å². The number of rotatable bonds is 7. The predicted octanol–water partition coefficient (Wildman–Crippen LogP) is 0.442. The van der Waals surface area contributed by atoms with Crippen LogP contribution in [-0.4, -0.2) is 63.9 Å². The fourth-order valence-corrected chi connectivity index (χ4v) is 2.44. The maximum Gasteiger partial charge on any atom is 0.314 e. The molecule has 0 aromatic heterocycles. The summed E-state index contributed by atoms with van der Waals surface area (Å²) in [5.41, 5.74) is 1.18. The highest BCUT2D eigenvalue weighted by Gasteiger charge is 2.09. The van der Waals surface area contributed by atoms with Crippen LogP contribution in [0.15, 0.2) is 24.3 Å². The van der Waals surface area contributed by atoms with Gasteiger partial charge in [0.1, 0.15) is 5.75 Å². The lowest BCUT2D eigenvalue weighted by Gasteiger charge is -2.27. The van der Waals surface area contributed by atoms with Gasteiger partial charge in [0.05, 0.1) is 7.11 Å². The SMILES string of the molecule is COc1ccc(CCNC(=O)NCCN2CCNCC2)cc1. The summed E-state index contributed by atoms with van der Waals surface area (Å²) in [5, 5.41) is 9.10. The molecule has 0 atom stereocenters. The first-order chi connectivity index (χ1) is 10.8. The van der Waals surface area contributed by atoms with E-state index in [1.807, 2.05) is 24.3 Å². The van der Waals surface area contributed by atoms with Crippen molar-refractivity contribution in [3.05, 3.63) is 29.8 Å². The van der Waals surface area contributed by atoms with Crippen molar-refractivity contribution in [2.45, 2.75) is 6.42 Å². The predicted molar refractivity (Wildman–Crippen MR) is 87.4 cm³/mol. The van der Waals surface area contributed by atoms with Gasteiger partial charge in [0.25, 0.3) is 0 Å². The van der Waals surface area contributed by atoms with Gasteiger partial charge in [-0.25, -0.2) is 4.79 Å². The lowest BCUT2D eigenvalue weighted by molar-refractivity contribution is 0.227. The highest BCUT2D eigenvalue weighted by molar-refractivity contribution is 5.73. The first kappa shape index (κ1) is 16.6. The lowest BCUT2D eigenvalue weighted by atomic mass is 10.1. The van der Waals surface area contributed by atoms with Gasteiger partial charge in [0, 0.05) is 45.8 Å². The number of hydrogen-bond donors (Lipinski definition) is 3. The Labute approximate surface area is 132 Å². The van der Waals surface area contributed by atoms with Crippen molar-refractivity contribution in [2.24, 2.45) is 0 Å². The second-order valence-electron chi connectivity index (χ2n) is 5.37. The Morgan fingerprint density at radius 3 is 2.55 bits per heavy atom. The number of methoxy groups -OCH3 is 1. The van der Waals surface area contributed by atoms with Crippen LogP contribution in [0.1, 0.15) is 5.56 Å². The van der Waals surface area contributed by atoms with Gasteiger partial charge in [-0.3, -0.25) is 4.90 Å². The Morgan fingerprint density at radius 2 is 1.86 bits per heavy atom. The van der Waals surface area contributed by atoms with Crippen LogP contribution in [0.25, 0.3) is 0 Å². The summed E-state index contributed by atoms with van der Waals surface area (Å²) in [5.74, 6) is 0.849. The number of benzene rings is 1. The van der Waals surface area contributed by atoms with Gasteiger partial charge in [-0.15, -0.1) is 0 Å². The van der Waals surface area contributed by atoms with E-state index in [1.54, 1.807) is 7.11 Å². The van der Waals surface area contributed by atoms with Gasteiger partial charge in [-0.1, -0.05) is 12.1 Å². The second-order valence-corrected chi connectivity index (χ2v) is 5.37. The van der Waals surface area contributed by atoms with Crippen molar-refractivity contribution in [2.75, 3.05) is 52.9 Å². The van der Waals surface area contributed by atoms with E-state index in [2.05, 4.69) is 20.9 Å². The van der Waals surface area contributed by atoms with Gasteiger partial charge in [-0.05, 0) is 24.1 Å². The molecule has 22 heavy (non-hydrogen) atoms. The number of nitrogens with zero attached hydrogens (tertiary/aromatic N) is 1. The van der Waals surface area contributed by atoms with Gasteiger partial charge < -0.3 is 20.7 Å². The molecule has 0 unspecified atom stereocenters. The van der Waals surface area contributed by atoms with Crippen molar-refractivity contribution in [1.29, 1.82) is 0 Å². The zero-order valence-corrected chi connectivity index (χ0v) is 13.2.